The average molecular weight is 506 g/mol. The van der Waals surface area contributed by atoms with Crippen LogP contribution in [0.4, 0.5) is 11.8 Å². The number of nitrogens with one attached hydrogen (secondary N) is 2. The molecule has 0 unspecified atom stereocenters. The highest BCUT2D eigenvalue weighted by atomic mass is 35.5. The van der Waals surface area contributed by atoms with E-state index in [1.54, 1.807) is 17.0 Å². The van der Waals surface area contributed by atoms with Crippen molar-refractivity contribution in [2.75, 3.05) is 36.4 Å². The lowest BCUT2D eigenvalue weighted by Crippen LogP contribution is -2.53. The lowest BCUT2D eigenvalue weighted by molar-refractivity contribution is -0.134. The number of hydrogen-bond acceptors (Lipinski definition) is 7. The predicted octanol–water partition coefficient (Wildman–Crippen LogP) is 1.98. The fourth-order valence-electron chi connectivity index (χ4n) is 4.07. The number of nitrogens with two attached hydrogens (primary N) is 1. The van der Waals surface area contributed by atoms with Gasteiger partial charge in [0.15, 0.2) is 0 Å². The van der Waals surface area contributed by atoms with E-state index in [0.717, 1.165) is 5.56 Å². The molecule has 12 heteroatoms. The van der Waals surface area contributed by atoms with E-state index in [1.165, 1.54) is 6.07 Å². The standard InChI is InChI=1S/C22H25Cl2N7O3/c1-12(14-3-2-13(23)10-15(14)24)26-18-11-17(20(25)33)28-22(29-18)31-8-6-30(7-9-31)21(34)16-4-5-19(32)27-16/h2-3,10-12,16H,4-9H2,1H3,(H2,25,33)(H,27,32)(H,26,28,29)/t12-,16-/m1/s1. The van der Waals surface area contributed by atoms with Crippen LogP contribution in [0.25, 0.3) is 0 Å². The molecular weight excluding hydrogens is 481 g/mol. The zero-order valence-electron chi connectivity index (χ0n) is 18.6. The molecule has 2 aromatic rings. The van der Waals surface area contributed by atoms with Crippen molar-refractivity contribution in [3.8, 4) is 0 Å². The molecule has 4 N–H and O–H groups in total. The summed E-state index contributed by atoms with van der Waals surface area (Å²) < 4.78 is 0. The van der Waals surface area contributed by atoms with Crippen LogP contribution in [0.3, 0.4) is 0 Å². The number of benzene rings is 1. The van der Waals surface area contributed by atoms with Gasteiger partial charge in [0.05, 0.1) is 6.04 Å². The van der Waals surface area contributed by atoms with Crippen LogP contribution in [0.5, 0.6) is 0 Å². The van der Waals surface area contributed by atoms with Crippen LogP contribution in [0.1, 0.15) is 41.9 Å². The quantitative estimate of drug-likeness (QED) is 0.546. The summed E-state index contributed by atoms with van der Waals surface area (Å²) in [6, 6.07) is 6.04. The maximum absolute atomic E-state index is 12.7. The van der Waals surface area contributed by atoms with E-state index in [2.05, 4.69) is 20.6 Å². The maximum atomic E-state index is 12.7. The van der Waals surface area contributed by atoms with Gasteiger partial charge in [-0.05, 0) is 31.0 Å². The van der Waals surface area contributed by atoms with Crippen molar-refractivity contribution in [2.45, 2.75) is 31.8 Å². The van der Waals surface area contributed by atoms with Crippen LogP contribution >= 0.6 is 23.2 Å². The lowest BCUT2D eigenvalue weighted by Gasteiger charge is -2.36. The highest BCUT2D eigenvalue weighted by Gasteiger charge is 2.32. The van der Waals surface area contributed by atoms with Gasteiger partial charge in [-0.1, -0.05) is 29.3 Å². The molecule has 2 aliphatic heterocycles. The normalized spacial score (nSPS) is 19.0. The van der Waals surface area contributed by atoms with Crippen molar-refractivity contribution < 1.29 is 14.4 Å². The van der Waals surface area contributed by atoms with Crippen LogP contribution in [0, 0.1) is 0 Å². The number of piperazine rings is 1. The first-order valence-corrected chi connectivity index (χ1v) is 11.7. The largest absolute Gasteiger partial charge is 0.364 e. The summed E-state index contributed by atoms with van der Waals surface area (Å²) in [6.45, 7) is 3.77. The molecule has 0 saturated carbocycles. The molecule has 180 valence electrons. The van der Waals surface area contributed by atoms with Crippen molar-refractivity contribution in [1.29, 1.82) is 0 Å². The fraction of sp³-hybridized carbons (Fsp3) is 0.409. The van der Waals surface area contributed by atoms with E-state index in [0.29, 0.717) is 60.8 Å². The Kier molecular flexibility index (Phi) is 7.08. The summed E-state index contributed by atoms with van der Waals surface area (Å²) in [5.41, 5.74) is 6.40. The van der Waals surface area contributed by atoms with Gasteiger partial charge in [-0.2, -0.15) is 4.98 Å². The van der Waals surface area contributed by atoms with Crippen LogP contribution in [-0.2, 0) is 9.59 Å². The summed E-state index contributed by atoms with van der Waals surface area (Å²) in [5, 5.41) is 7.01. The molecule has 2 fully saturated rings. The third-order valence-corrected chi connectivity index (χ3v) is 6.49. The smallest absolute Gasteiger partial charge is 0.267 e. The van der Waals surface area contributed by atoms with Crippen LogP contribution in [0.15, 0.2) is 24.3 Å². The number of rotatable bonds is 6. The minimum absolute atomic E-state index is 0.0756. The van der Waals surface area contributed by atoms with E-state index in [4.69, 9.17) is 28.9 Å². The van der Waals surface area contributed by atoms with Gasteiger partial charge in [0, 0.05) is 48.7 Å². The molecular formula is C22H25Cl2N7O3. The predicted molar refractivity (Wildman–Crippen MR) is 129 cm³/mol. The number of anilines is 2. The second-order valence-electron chi connectivity index (χ2n) is 8.31. The van der Waals surface area contributed by atoms with Crippen molar-refractivity contribution in [1.82, 2.24) is 20.2 Å². The van der Waals surface area contributed by atoms with Crippen LogP contribution < -0.4 is 21.3 Å². The molecule has 2 aliphatic rings. The Bertz CT molecular complexity index is 1120. The van der Waals surface area contributed by atoms with E-state index in [-0.39, 0.29) is 23.6 Å². The molecule has 4 rings (SSSR count). The molecule has 0 aliphatic carbocycles. The summed E-state index contributed by atoms with van der Waals surface area (Å²) in [5.74, 6) is -0.0789. The number of aromatic nitrogens is 2. The third kappa shape index (κ3) is 5.34. The SMILES string of the molecule is C[C@@H](Nc1cc(C(N)=O)nc(N2CCN(C(=O)[C@H]3CCC(=O)N3)CC2)n1)c1ccc(Cl)cc1Cl. The molecule has 10 nitrogen and oxygen atoms in total. The Hall–Kier alpha value is -3.11. The molecule has 34 heavy (non-hydrogen) atoms. The van der Waals surface area contributed by atoms with Crippen LogP contribution in [0.2, 0.25) is 10.0 Å². The molecule has 3 amide bonds. The molecule has 0 radical (unpaired) electrons. The summed E-state index contributed by atoms with van der Waals surface area (Å²) >= 11 is 12.3. The topological polar surface area (TPSA) is 134 Å². The molecule has 1 aromatic heterocycles. The van der Waals surface area contributed by atoms with Crippen LogP contribution in [-0.4, -0.2) is 64.8 Å². The van der Waals surface area contributed by atoms with Gasteiger partial charge < -0.3 is 26.2 Å². The van der Waals surface area contributed by atoms with Crippen molar-refractivity contribution >= 4 is 52.7 Å². The molecule has 0 bridgehead atoms. The molecule has 0 spiro atoms. The first-order valence-electron chi connectivity index (χ1n) is 10.9. The van der Waals surface area contributed by atoms with Gasteiger partial charge in [-0.25, -0.2) is 4.98 Å². The van der Waals surface area contributed by atoms with Crippen molar-refractivity contribution in [3.05, 3.63) is 45.6 Å². The monoisotopic (exact) mass is 505 g/mol. The second-order valence-corrected chi connectivity index (χ2v) is 9.15. The first-order chi connectivity index (χ1) is 16.2. The van der Waals surface area contributed by atoms with Gasteiger partial charge in [0.25, 0.3) is 5.91 Å². The second kappa shape index (κ2) is 10.0. The first kappa shape index (κ1) is 24.0. The Morgan fingerprint density at radius 3 is 2.53 bits per heavy atom. The molecule has 2 atom stereocenters. The Balaban J connectivity index is 1.47. The highest BCUT2D eigenvalue weighted by molar-refractivity contribution is 6.35. The third-order valence-electron chi connectivity index (χ3n) is 5.93. The average Bonchev–Trinajstić information content (AvgIpc) is 3.24. The van der Waals surface area contributed by atoms with E-state index in [1.807, 2.05) is 17.9 Å². The molecule has 1 aromatic carbocycles. The number of amides is 3. The Labute approximate surface area is 206 Å². The zero-order valence-corrected chi connectivity index (χ0v) is 20.1. The van der Waals surface area contributed by atoms with E-state index < -0.39 is 11.9 Å². The Morgan fingerprint density at radius 2 is 1.91 bits per heavy atom. The minimum Gasteiger partial charge on any atom is -0.364 e. The molecule has 2 saturated heterocycles. The lowest BCUT2D eigenvalue weighted by atomic mass is 10.1. The number of carbonyl (C=O) groups is 3. The fourth-order valence-corrected chi connectivity index (χ4v) is 4.65. The number of carbonyl (C=O) groups excluding carboxylic acids is 3. The summed E-state index contributed by atoms with van der Waals surface area (Å²) in [7, 11) is 0. The van der Waals surface area contributed by atoms with Gasteiger partial charge >= 0.3 is 0 Å². The van der Waals surface area contributed by atoms with E-state index in [9.17, 15) is 14.4 Å². The number of nitrogens with zero attached hydrogens (tertiary/aromatic N) is 4. The maximum Gasteiger partial charge on any atom is 0.267 e. The summed E-state index contributed by atoms with van der Waals surface area (Å²) in [6.07, 6.45) is 0.895. The van der Waals surface area contributed by atoms with Crippen molar-refractivity contribution in [2.24, 2.45) is 5.73 Å². The van der Waals surface area contributed by atoms with E-state index >= 15 is 0 Å². The van der Waals surface area contributed by atoms with Gasteiger partial charge in [-0.15, -0.1) is 0 Å². The number of primary amides is 1. The highest BCUT2D eigenvalue weighted by Crippen LogP contribution is 2.29. The minimum atomic E-state index is -0.672. The van der Waals surface area contributed by atoms with Gasteiger partial charge in [-0.3, -0.25) is 14.4 Å². The van der Waals surface area contributed by atoms with Gasteiger partial charge in [0.1, 0.15) is 17.6 Å². The van der Waals surface area contributed by atoms with Crippen molar-refractivity contribution in [3.63, 3.8) is 0 Å². The number of halogens is 2. The Morgan fingerprint density at radius 1 is 1.18 bits per heavy atom. The molecule has 3 heterocycles. The van der Waals surface area contributed by atoms with Gasteiger partial charge in [0.2, 0.25) is 17.8 Å². The summed E-state index contributed by atoms with van der Waals surface area (Å²) in [4.78, 5) is 48.5. The number of hydrogen-bond donors (Lipinski definition) is 3. The zero-order chi connectivity index (χ0) is 24.4.